The van der Waals surface area contributed by atoms with E-state index in [1.54, 1.807) is 27.7 Å². The number of ether oxygens (including phenoxy) is 3. The average molecular weight is 494 g/mol. The van der Waals surface area contributed by atoms with Crippen molar-refractivity contribution in [3.63, 3.8) is 0 Å². The second-order valence-corrected chi connectivity index (χ2v) is 11.6. The molecule has 186 valence electrons. The summed E-state index contributed by atoms with van der Waals surface area (Å²) in [4.78, 5) is 26.9. The number of carbonyl (C=O) groups excluding carboxylic acids is 1. The Balaban J connectivity index is 1.76. The SMILES string of the molecule is CC#CCOc1ccc(S(=O)(=O)C2(C(=O)O)CCN(C(=O)C3(C)COC(C)(C)OC3)CC2)cc1. The van der Waals surface area contributed by atoms with Crippen molar-refractivity contribution in [2.45, 2.75) is 56.0 Å². The predicted octanol–water partition coefficient (Wildman–Crippen LogP) is 2.10. The molecule has 10 heteroatoms. The van der Waals surface area contributed by atoms with Crippen LogP contribution < -0.4 is 4.74 Å². The van der Waals surface area contributed by atoms with Gasteiger partial charge in [-0.1, -0.05) is 5.92 Å². The van der Waals surface area contributed by atoms with Crippen LogP contribution in [0.3, 0.4) is 0 Å². The highest BCUT2D eigenvalue weighted by Crippen LogP contribution is 2.38. The van der Waals surface area contributed by atoms with Gasteiger partial charge in [0.1, 0.15) is 12.4 Å². The number of rotatable bonds is 6. The minimum atomic E-state index is -4.24. The molecular formula is C24H31NO8S. The van der Waals surface area contributed by atoms with Gasteiger partial charge in [-0.25, -0.2) is 8.42 Å². The molecule has 1 aromatic carbocycles. The second-order valence-electron chi connectivity index (χ2n) is 9.32. The highest BCUT2D eigenvalue weighted by molar-refractivity contribution is 7.93. The smallest absolute Gasteiger partial charge is 0.325 e. The maximum Gasteiger partial charge on any atom is 0.325 e. The molecule has 0 unspecified atom stereocenters. The standard InChI is InChI=1S/C24H31NO8S/c1-5-6-15-31-18-7-9-19(10-8-18)34(29,30)24(21(27)28)11-13-25(14-12-24)20(26)23(4)16-32-22(2,3)33-17-23/h7-10H,11-17H2,1-4H3,(H,27,28). The van der Waals surface area contributed by atoms with Crippen LogP contribution >= 0.6 is 0 Å². The number of carboxylic acids is 1. The number of nitrogens with zero attached hydrogens (tertiary/aromatic N) is 1. The third-order valence-electron chi connectivity index (χ3n) is 6.38. The lowest BCUT2D eigenvalue weighted by molar-refractivity contribution is -0.279. The number of carbonyl (C=O) groups is 2. The van der Waals surface area contributed by atoms with E-state index >= 15 is 0 Å². The third kappa shape index (κ3) is 4.92. The lowest BCUT2D eigenvalue weighted by Crippen LogP contribution is -2.59. The van der Waals surface area contributed by atoms with E-state index in [0.29, 0.717) is 5.75 Å². The zero-order valence-corrected chi connectivity index (χ0v) is 20.7. The fourth-order valence-corrected chi connectivity index (χ4v) is 5.95. The van der Waals surface area contributed by atoms with Crippen LogP contribution in [0.15, 0.2) is 29.2 Å². The lowest BCUT2D eigenvalue weighted by atomic mass is 9.87. The molecule has 9 nitrogen and oxygen atoms in total. The number of hydrogen-bond donors (Lipinski definition) is 1. The summed E-state index contributed by atoms with van der Waals surface area (Å²) < 4.78 is 41.6. The van der Waals surface area contributed by atoms with Crippen molar-refractivity contribution in [1.29, 1.82) is 0 Å². The van der Waals surface area contributed by atoms with Crippen LogP contribution in [0, 0.1) is 17.3 Å². The Kier molecular flexibility index (Phi) is 7.31. The molecular weight excluding hydrogens is 462 g/mol. The second kappa shape index (κ2) is 9.56. The first-order valence-electron chi connectivity index (χ1n) is 11.0. The number of piperidine rings is 1. The summed E-state index contributed by atoms with van der Waals surface area (Å²) in [7, 11) is -4.24. The normalized spacial score (nSPS) is 21.1. The first-order chi connectivity index (χ1) is 15.9. The summed E-state index contributed by atoms with van der Waals surface area (Å²) in [6.45, 7) is 7.44. The van der Waals surface area contributed by atoms with E-state index in [4.69, 9.17) is 14.2 Å². The van der Waals surface area contributed by atoms with Crippen LogP contribution in [0.1, 0.15) is 40.5 Å². The molecule has 2 heterocycles. The lowest BCUT2D eigenvalue weighted by Gasteiger charge is -2.45. The summed E-state index contributed by atoms with van der Waals surface area (Å²) in [6, 6.07) is 5.63. The molecule has 1 N–H and O–H groups in total. The van der Waals surface area contributed by atoms with E-state index in [1.807, 2.05) is 0 Å². The van der Waals surface area contributed by atoms with E-state index in [-0.39, 0.29) is 56.6 Å². The summed E-state index contributed by atoms with van der Waals surface area (Å²) >= 11 is 0. The van der Waals surface area contributed by atoms with Crippen LogP contribution in [0.5, 0.6) is 5.75 Å². The number of benzene rings is 1. The monoisotopic (exact) mass is 493 g/mol. The number of likely N-dealkylation sites (tertiary alicyclic amines) is 1. The number of hydrogen-bond acceptors (Lipinski definition) is 7. The molecule has 0 bridgehead atoms. The maximum atomic E-state index is 13.4. The summed E-state index contributed by atoms with van der Waals surface area (Å²) in [5.41, 5.74) is -0.921. The fraction of sp³-hybridized carbons (Fsp3) is 0.583. The van der Waals surface area contributed by atoms with Gasteiger partial charge in [0.15, 0.2) is 20.4 Å². The van der Waals surface area contributed by atoms with Crippen LogP contribution in [0.4, 0.5) is 0 Å². The van der Waals surface area contributed by atoms with E-state index in [2.05, 4.69) is 11.8 Å². The van der Waals surface area contributed by atoms with Crippen molar-refractivity contribution < 1.29 is 37.3 Å². The van der Waals surface area contributed by atoms with Crippen LogP contribution in [-0.2, 0) is 28.9 Å². The Labute approximate surface area is 200 Å². The number of amides is 1. The zero-order valence-electron chi connectivity index (χ0n) is 19.9. The van der Waals surface area contributed by atoms with Crippen LogP contribution in [0.25, 0.3) is 0 Å². The maximum absolute atomic E-state index is 13.4. The number of aliphatic carboxylic acids is 1. The number of carboxylic acid groups (broad SMARTS) is 1. The molecule has 3 rings (SSSR count). The minimum Gasteiger partial charge on any atom is -0.481 e. The molecule has 34 heavy (non-hydrogen) atoms. The Hall–Kier alpha value is -2.61. The minimum absolute atomic E-state index is 0.000226. The van der Waals surface area contributed by atoms with Crippen LogP contribution in [-0.4, -0.2) is 73.7 Å². The van der Waals surface area contributed by atoms with Crippen molar-refractivity contribution in [3.8, 4) is 17.6 Å². The van der Waals surface area contributed by atoms with E-state index in [1.165, 1.54) is 29.2 Å². The average Bonchev–Trinajstić information content (AvgIpc) is 2.81. The van der Waals surface area contributed by atoms with Gasteiger partial charge in [0, 0.05) is 13.1 Å². The van der Waals surface area contributed by atoms with Crippen molar-refractivity contribution in [2.75, 3.05) is 32.9 Å². The quantitative estimate of drug-likeness (QED) is 0.599. The number of sulfone groups is 1. The van der Waals surface area contributed by atoms with Gasteiger partial charge in [-0.15, -0.1) is 5.92 Å². The van der Waals surface area contributed by atoms with Gasteiger partial charge < -0.3 is 24.2 Å². The van der Waals surface area contributed by atoms with E-state index < -0.39 is 31.8 Å². The van der Waals surface area contributed by atoms with Gasteiger partial charge in [0.05, 0.1) is 23.5 Å². The van der Waals surface area contributed by atoms with Crippen molar-refractivity contribution >= 4 is 21.7 Å². The highest BCUT2D eigenvalue weighted by Gasteiger charge is 2.55. The van der Waals surface area contributed by atoms with Gasteiger partial charge in [0.2, 0.25) is 5.91 Å². The highest BCUT2D eigenvalue weighted by atomic mass is 32.2. The molecule has 0 saturated carbocycles. The van der Waals surface area contributed by atoms with Gasteiger partial charge in [0.25, 0.3) is 0 Å². The topological polar surface area (TPSA) is 119 Å². The fourth-order valence-electron chi connectivity index (χ4n) is 4.06. The van der Waals surface area contributed by atoms with Crippen molar-refractivity contribution in [3.05, 3.63) is 24.3 Å². The Morgan fingerprint density at radius 3 is 2.15 bits per heavy atom. The molecule has 0 radical (unpaired) electrons. The van der Waals surface area contributed by atoms with Crippen LogP contribution in [0.2, 0.25) is 0 Å². The zero-order chi connectivity index (χ0) is 25.2. The molecule has 0 aromatic heterocycles. The van der Waals surface area contributed by atoms with Gasteiger partial charge in [-0.05, 0) is 64.8 Å². The van der Waals surface area contributed by atoms with Gasteiger partial charge >= 0.3 is 5.97 Å². The summed E-state index contributed by atoms with van der Waals surface area (Å²) in [5, 5.41) is 10.0. The van der Waals surface area contributed by atoms with Gasteiger partial charge in [-0.3, -0.25) is 9.59 Å². The predicted molar refractivity (Wildman–Crippen MR) is 123 cm³/mol. The molecule has 2 aliphatic heterocycles. The molecule has 2 fully saturated rings. The summed E-state index contributed by atoms with van der Waals surface area (Å²) in [6.07, 6.45) is -0.436. The first-order valence-corrected chi connectivity index (χ1v) is 12.5. The molecule has 0 atom stereocenters. The molecule has 1 aromatic rings. The Morgan fingerprint density at radius 2 is 1.65 bits per heavy atom. The van der Waals surface area contributed by atoms with E-state index in [9.17, 15) is 23.1 Å². The van der Waals surface area contributed by atoms with E-state index in [0.717, 1.165) is 0 Å². The Morgan fingerprint density at radius 1 is 1.09 bits per heavy atom. The van der Waals surface area contributed by atoms with Crippen molar-refractivity contribution in [1.82, 2.24) is 4.90 Å². The largest absolute Gasteiger partial charge is 0.481 e. The molecule has 2 saturated heterocycles. The molecule has 0 aliphatic carbocycles. The van der Waals surface area contributed by atoms with Crippen molar-refractivity contribution in [2.24, 2.45) is 5.41 Å². The first kappa shape index (κ1) is 26.0. The third-order valence-corrected chi connectivity index (χ3v) is 8.88. The molecule has 2 aliphatic rings. The molecule has 0 spiro atoms. The van der Waals surface area contributed by atoms with Gasteiger partial charge in [-0.2, -0.15) is 0 Å². The molecule has 1 amide bonds. The summed E-state index contributed by atoms with van der Waals surface area (Å²) in [5.74, 6) is 3.43. The Bertz CT molecular complexity index is 1080.